The fraction of sp³-hybridized carbons (Fsp3) is 0.333. The standard InChI is InChI=1S/C12H15ClFN/c1-15-8-4-2-3-5-10-6-7-11(13)9-12(10)14/h2-3,6-7,9,15H,4-5,8H2,1H3/b3-2+. The van der Waals surface area contributed by atoms with Gasteiger partial charge in [-0.3, -0.25) is 0 Å². The molecule has 0 spiro atoms. The molecule has 0 atom stereocenters. The Balaban J connectivity index is 2.47. The van der Waals surface area contributed by atoms with Gasteiger partial charge in [-0.25, -0.2) is 4.39 Å². The number of rotatable bonds is 5. The molecule has 1 N–H and O–H groups in total. The van der Waals surface area contributed by atoms with E-state index in [-0.39, 0.29) is 5.82 Å². The summed E-state index contributed by atoms with van der Waals surface area (Å²) in [6.45, 7) is 0.944. The second-order valence-corrected chi connectivity index (χ2v) is 3.74. The van der Waals surface area contributed by atoms with Crippen LogP contribution in [-0.2, 0) is 6.42 Å². The van der Waals surface area contributed by atoms with Gasteiger partial charge in [0.05, 0.1) is 0 Å². The fourth-order valence-corrected chi connectivity index (χ4v) is 1.40. The van der Waals surface area contributed by atoms with Crippen LogP contribution in [0, 0.1) is 5.82 Å². The van der Waals surface area contributed by atoms with Crippen LogP contribution in [0.4, 0.5) is 4.39 Å². The van der Waals surface area contributed by atoms with Gasteiger partial charge in [0, 0.05) is 5.02 Å². The molecule has 1 rings (SSSR count). The van der Waals surface area contributed by atoms with E-state index in [2.05, 4.69) is 5.32 Å². The molecule has 1 aromatic rings. The summed E-state index contributed by atoms with van der Waals surface area (Å²) in [6, 6.07) is 4.78. The summed E-state index contributed by atoms with van der Waals surface area (Å²) in [5.41, 5.74) is 0.681. The highest BCUT2D eigenvalue weighted by Gasteiger charge is 1.99. The molecule has 0 aliphatic carbocycles. The lowest BCUT2D eigenvalue weighted by Crippen LogP contribution is -2.05. The predicted molar refractivity (Wildman–Crippen MR) is 62.8 cm³/mol. The first kappa shape index (κ1) is 12.2. The maximum Gasteiger partial charge on any atom is 0.128 e. The van der Waals surface area contributed by atoms with E-state index in [1.165, 1.54) is 6.07 Å². The molecule has 0 aliphatic heterocycles. The summed E-state index contributed by atoms with van der Waals surface area (Å²) >= 11 is 5.65. The molecule has 1 aromatic carbocycles. The highest BCUT2D eigenvalue weighted by molar-refractivity contribution is 6.30. The summed E-state index contributed by atoms with van der Waals surface area (Å²) in [6.07, 6.45) is 5.60. The Morgan fingerprint density at radius 2 is 2.20 bits per heavy atom. The monoisotopic (exact) mass is 227 g/mol. The molecule has 3 heteroatoms. The van der Waals surface area contributed by atoms with Crippen molar-refractivity contribution < 1.29 is 4.39 Å². The van der Waals surface area contributed by atoms with Crippen LogP contribution in [0.15, 0.2) is 30.4 Å². The normalized spacial score (nSPS) is 11.1. The van der Waals surface area contributed by atoms with Crippen molar-refractivity contribution in [3.63, 3.8) is 0 Å². The van der Waals surface area contributed by atoms with Crippen LogP contribution in [0.5, 0.6) is 0 Å². The Morgan fingerprint density at radius 1 is 1.40 bits per heavy atom. The zero-order valence-corrected chi connectivity index (χ0v) is 9.52. The molecule has 15 heavy (non-hydrogen) atoms. The number of hydrogen-bond donors (Lipinski definition) is 1. The van der Waals surface area contributed by atoms with Gasteiger partial charge >= 0.3 is 0 Å². The van der Waals surface area contributed by atoms with Crippen LogP contribution >= 0.6 is 11.6 Å². The summed E-state index contributed by atoms with van der Waals surface area (Å²) in [7, 11) is 1.91. The molecule has 0 amide bonds. The van der Waals surface area contributed by atoms with E-state index >= 15 is 0 Å². The lowest BCUT2D eigenvalue weighted by atomic mass is 10.1. The molecule has 0 aromatic heterocycles. The first-order valence-electron chi connectivity index (χ1n) is 4.97. The van der Waals surface area contributed by atoms with Crippen LogP contribution in [0.2, 0.25) is 5.02 Å². The Bertz CT molecular complexity index is 336. The number of halogens is 2. The first-order valence-corrected chi connectivity index (χ1v) is 5.35. The quantitative estimate of drug-likeness (QED) is 0.602. The molecule has 0 aliphatic rings. The molecule has 0 radical (unpaired) electrons. The van der Waals surface area contributed by atoms with E-state index in [9.17, 15) is 4.39 Å². The minimum Gasteiger partial charge on any atom is -0.319 e. The van der Waals surface area contributed by atoms with Gasteiger partial charge < -0.3 is 5.32 Å². The van der Waals surface area contributed by atoms with Crippen molar-refractivity contribution in [2.75, 3.05) is 13.6 Å². The Kier molecular flexibility index (Phi) is 5.37. The highest BCUT2D eigenvalue weighted by Crippen LogP contribution is 2.15. The Labute approximate surface area is 95.0 Å². The second-order valence-electron chi connectivity index (χ2n) is 3.30. The van der Waals surface area contributed by atoms with Crippen molar-refractivity contribution in [3.8, 4) is 0 Å². The fourth-order valence-electron chi connectivity index (χ4n) is 1.24. The molecule has 0 fully saturated rings. The maximum atomic E-state index is 13.3. The van der Waals surface area contributed by atoms with Crippen LogP contribution in [0.3, 0.4) is 0 Å². The SMILES string of the molecule is CNCC/C=C/Cc1ccc(Cl)cc1F. The minimum absolute atomic E-state index is 0.235. The number of nitrogens with one attached hydrogen (secondary N) is 1. The van der Waals surface area contributed by atoms with Gasteiger partial charge in [0.1, 0.15) is 5.82 Å². The first-order chi connectivity index (χ1) is 7.24. The summed E-state index contributed by atoms with van der Waals surface area (Å²) in [4.78, 5) is 0. The summed E-state index contributed by atoms with van der Waals surface area (Å²) < 4.78 is 13.3. The van der Waals surface area contributed by atoms with Crippen molar-refractivity contribution in [2.45, 2.75) is 12.8 Å². The highest BCUT2D eigenvalue weighted by atomic mass is 35.5. The summed E-state index contributed by atoms with van der Waals surface area (Å²) in [5, 5.41) is 3.48. The number of benzene rings is 1. The van der Waals surface area contributed by atoms with Gasteiger partial charge in [-0.1, -0.05) is 29.8 Å². The van der Waals surface area contributed by atoms with E-state index in [1.807, 2.05) is 19.2 Å². The Hall–Kier alpha value is -0.860. The van der Waals surface area contributed by atoms with E-state index in [0.717, 1.165) is 13.0 Å². The number of hydrogen-bond acceptors (Lipinski definition) is 1. The molecular weight excluding hydrogens is 213 g/mol. The summed E-state index contributed by atoms with van der Waals surface area (Å²) in [5.74, 6) is -0.235. The van der Waals surface area contributed by atoms with Crippen molar-refractivity contribution in [3.05, 3.63) is 46.8 Å². The molecular formula is C12H15ClFN. The van der Waals surface area contributed by atoms with Gasteiger partial charge in [-0.2, -0.15) is 0 Å². The molecule has 0 heterocycles. The Morgan fingerprint density at radius 3 is 2.87 bits per heavy atom. The topological polar surface area (TPSA) is 12.0 Å². The van der Waals surface area contributed by atoms with Crippen LogP contribution in [-0.4, -0.2) is 13.6 Å². The second kappa shape index (κ2) is 6.59. The molecule has 82 valence electrons. The van der Waals surface area contributed by atoms with Gasteiger partial charge in [0.15, 0.2) is 0 Å². The number of allylic oxidation sites excluding steroid dienone is 1. The lowest BCUT2D eigenvalue weighted by molar-refractivity contribution is 0.615. The van der Waals surface area contributed by atoms with E-state index in [1.54, 1.807) is 12.1 Å². The van der Waals surface area contributed by atoms with Crippen LogP contribution in [0.1, 0.15) is 12.0 Å². The predicted octanol–water partition coefficient (Wildman–Crippen LogP) is 3.19. The average molecular weight is 228 g/mol. The lowest BCUT2D eigenvalue weighted by Gasteiger charge is -1.99. The van der Waals surface area contributed by atoms with E-state index in [4.69, 9.17) is 11.6 Å². The van der Waals surface area contributed by atoms with Crippen molar-refractivity contribution in [2.24, 2.45) is 0 Å². The largest absolute Gasteiger partial charge is 0.319 e. The zero-order chi connectivity index (χ0) is 11.1. The van der Waals surface area contributed by atoms with Crippen molar-refractivity contribution in [1.82, 2.24) is 5.32 Å². The molecule has 0 saturated heterocycles. The minimum atomic E-state index is -0.235. The molecule has 0 unspecified atom stereocenters. The van der Waals surface area contributed by atoms with Gasteiger partial charge in [0.25, 0.3) is 0 Å². The van der Waals surface area contributed by atoms with Crippen LogP contribution < -0.4 is 5.32 Å². The van der Waals surface area contributed by atoms with E-state index < -0.39 is 0 Å². The van der Waals surface area contributed by atoms with Gasteiger partial charge in [-0.15, -0.1) is 0 Å². The van der Waals surface area contributed by atoms with Gasteiger partial charge in [-0.05, 0) is 44.1 Å². The maximum absolute atomic E-state index is 13.3. The smallest absolute Gasteiger partial charge is 0.128 e. The molecule has 0 bridgehead atoms. The van der Waals surface area contributed by atoms with E-state index in [0.29, 0.717) is 17.0 Å². The van der Waals surface area contributed by atoms with Crippen LogP contribution in [0.25, 0.3) is 0 Å². The van der Waals surface area contributed by atoms with Crippen molar-refractivity contribution in [1.29, 1.82) is 0 Å². The average Bonchev–Trinajstić information content (AvgIpc) is 2.20. The van der Waals surface area contributed by atoms with Gasteiger partial charge in [0.2, 0.25) is 0 Å². The molecule has 1 nitrogen and oxygen atoms in total. The third-order valence-corrected chi connectivity index (χ3v) is 2.32. The zero-order valence-electron chi connectivity index (χ0n) is 8.76. The van der Waals surface area contributed by atoms with Crippen molar-refractivity contribution >= 4 is 11.6 Å². The third-order valence-electron chi connectivity index (χ3n) is 2.08. The molecule has 0 saturated carbocycles. The third kappa shape index (κ3) is 4.45.